The Morgan fingerprint density at radius 1 is 1.29 bits per heavy atom. The molecule has 1 aromatic rings. The molecule has 2 atom stereocenters. The van der Waals surface area contributed by atoms with Crippen molar-refractivity contribution >= 4 is 17.4 Å². The van der Waals surface area contributed by atoms with Gasteiger partial charge >= 0.3 is 0 Å². The molecule has 0 radical (unpaired) electrons. The zero-order valence-corrected chi connectivity index (χ0v) is 16.1. The van der Waals surface area contributed by atoms with Gasteiger partial charge in [0.05, 0.1) is 13.2 Å². The Balaban J connectivity index is 1.68. The Morgan fingerprint density at radius 3 is 2.71 bits per heavy atom. The molecule has 134 valence electrons. The number of nitrogens with one attached hydrogen (secondary N) is 1. The molecule has 0 aromatic heterocycles. The molecule has 0 saturated carbocycles. The van der Waals surface area contributed by atoms with Crippen molar-refractivity contribution in [1.82, 2.24) is 10.2 Å². The molecular formula is C19H31N3OS. The molecule has 4 nitrogen and oxygen atoms in total. The van der Waals surface area contributed by atoms with E-state index in [4.69, 9.17) is 4.74 Å². The van der Waals surface area contributed by atoms with Crippen LogP contribution in [0, 0.1) is 0 Å². The number of para-hydroxylation sites is 1. The number of morpholine rings is 1. The van der Waals surface area contributed by atoms with Crippen LogP contribution in [0.2, 0.25) is 0 Å². The van der Waals surface area contributed by atoms with Crippen LogP contribution < -0.4 is 10.2 Å². The topological polar surface area (TPSA) is 27.7 Å². The van der Waals surface area contributed by atoms with Gasteiger partial charge in [0.15, 0.2) is 0 Å². The van der Waals surface area contributed by atoms with E-state index in [0.29, 0.717) is 11.6 Å². The molecule has 2 fully saturated rings. The van der Waals surface area contributed by atoms with Gasteiger partial charge in [-0.1, -0.05) is 18.2 Å². The van der Waals surface area contributed by atoms with Crippen LogP contribution in [0.5, 0.6) is 0 Å². The number of nitrogens with zero attached hydrogens (tertiary/aromatic N) is 2. The van der Waals surface area contributed by atoms with Crippen molar-refractivity contribution in [2.75, 3.05) is 63.3 Å². The van der Waals surface area contributed by atoms with Crippen molar-refractivity contribution in [1.29, 1.82) is 0 Å². The van der Waals surface area contributed by atoms with Crippen LogP contribution in [0.3, 0.4) is 0 Å². The summed E-state index contributed by atoms with van der Waals surface area (Å²) in [5, 5.41) is 3.85. The molecule has 3 rings (SSSR count). The van der Waals surface area contributed by atoms with E-state index in [9.17, 15) is 0 Å². The van der Waals surface area contributed by atoms with Crippen molar-refractivity contribution in [3.8, 4) is 0 Å². The minimum absolute atomic E-state index is 0.301. The molecule has 2 aliphatic heterocycles. The van der Waals surface area contributed by atoms with E-state index < -0.39 is 0 Å². The van der Waals surface area contributed by atoms with E-state index in [1.165, 1.54) is 29.2 Å². The fourth-order valence-electron chi connectivity index (χ4n) is 3.85. The standard InChI is InChI=1S/C19H31N3OS/c1-16(17-6-4-5-7-18(17)21(2)3)20-14-19(8-13-24-15-19)22-9-11-23-12-10-22/h4-7,16,20H,8-15H2,1-3H3/t16-,19-/m0/s1. The van der Waals surface area contributed by atoms with Gasteiger partial charge in [0.25, 0.3) is 0 Å². The Morgan fingerprint density at radius 2 is 2.04 bits per heavy atom. The van der Waals surface area contributed by atoms with Crippen LogP contribution in [-0.4, -0.2) is 68.9 Å². The number of ether oxygens (including phenoxy) is 1. The number of rotatable bonds is 6. The smallest absolute Gasteiger partial charge is 0.0594 e. The fourth-order valence-corrected chi connectivity index (χ4v) is 5.33. The highest BCUT2D eigenvalue weighted by Gasteiger charge is 2.40. The molecule has 0 amide bonds. The second kappa shape index (κ2) is 8.09. The summed E-state index contributed by atoms with van der Waals surface area (Å²) in [7, 11) is 4.24. The maximum absolute atomic E-state index is 5.57. The van der Waals surface area contributed by atoms with Crippen LogP contribution in [0.15, 0.2) is 24.3 Å². The van der Waals surface area contributed by atoms with E-state index >= 15 is 0 Å². The van der Waals surface area contributed by atoms with Crippen molar-refractivity contribution in [2.24, 2.45) is 0 Å². The monoisotopic (exact) mass is 349 g/mol. The van der Waals surface area contributed by atoms with E-state index in [1.807, 2.05) is 0 Å². The lowest BCUT2D eigenvalue weighted by atomic mass is 9.94. The molecule has 0 bridgehead atoms. The fraction of sp³-hybridized carbons (Fsp3) is 0.684. The molecule has 0 unspecified atom stereocenters. The van der Waals surface area contributed by atoms with E-state index in [-0.39, 0.29) is 0 Å². The van der Waals surface area contributed by atoms with Gasteiger partial charge in [0, 0.05) is 56.8 Å². The molecule has 1 N–H and O–H groups in total. The van der Waals surface area contributed by atoms with Gasteiger partial charge in [-0.25, -0.2) is 0 Å². The first-order chi connectivity index (χ1) is 11.6. The third-order valence-corrected chi connectivity index (χ3v) is 6.62. The maximum Gasteiger partial charge on any atom is 0.0594 e. The van der Waals surface area contributed by atoms with Crippen LogP contribution >= 0.6 is 11.8 Å². The lowest BCUT2D eigenvalue weighted by Gasteiger charge is -2.43. The second-order valence-electron chi connectivity index (χ2n) is 7.18. The lowest BCUT2D eigenvalue weighted by Crippen LogP contribution is -2.58. The molecule has 24 heavy (non-hydrogen) atoms. The van der Waals surface area contributed by atoms with Gasteiger partial charge in [-0.15, -0.1) is 0 Å². The minimum Gasteiger partial charge on any atom is -0.379 e. The normalized spacial score (nSPS) is 26.5. The zero-order chi connectivity index (χ0) is 17.0. The Kier molecular flexibility index (Phi) is 6.08. The average molecular weight is 350 g/mol. The van der Waals surface area contributed by atoms with Crippen LogP contribution in [0.25, 0.3) is 0 Å². The lowest BCUT2D eigenvalue weighted by molar-refractivity contribution is -0.0139. The van der Waals surface area contributed by atoms with Gasteiger partial charge in [-0.2, -0.15) is 11.8 Å². The van der Waals surface area contributed by atoms with Gasteiger partial charge in [-0.3, -0.25) is 4.90 Å². The number of anilines is 1. The van der Waals surface area contributed by atoms with E-state index in [2.05, 4.69) is 72.2 Å². The molecule has 2 heterocycles. The molecule has 5 heteroatoms. The van der Waals surface area contributed by atoms with Crippen LogP contribution in [0.4, 0.5) is 5.69 Å². The highest BCUT2D eigenvalue weighted by Crippen LogP contribution is 2.34. The predicted octanol–water partition coefficient (Wildman–Crippen LogP) is 2.61. The number of benzene rings is 1. The minimum atomic E-state index is 0.301. The quantitative estimate of drug-likeness (QED) is 0.852. The predicted molar refractivity (Wildman–Crippen MR) is 104 cm³/mol. The molecule has 1 aromatic carbocycles. The molecule has 0 spiro atoms. The number of thioether (sulfide) groups is 1. The average Bonchev–Trinajstić information content (AvgIpc) is 3.10. The summed E-state index contributed by atoms with van der Waals surface area (Å²) in [4.78, 5) is 4.88. The van der Waals surface area contributed by atoms with Gasteiger partial charge < -0.3 is 15.0 Å². The number of hydrogen-bond donors (Lipinski definition) is 1. The largest absolute Gasteiger partial charge is 0.379 e. The zero-order valence-electron chi connectivity index (χ0n) is 15.3. The SMILES string of the molecule is C[C@H](NC[C@@]1(N2CCOCC2)CCSC1)c1ccccc1N(C)C. The van der Waals surface area contributed by atoms with Gasteiger partial charge in [-0.05, 0) is 30.7 Å². The molecular weight excluding hydrogens is 318 g/mol. The maximum atomic E-state index is 5.57. The first-order valence-corrected chi connectivity index (χ1v) is 10.2. The first-order valence-electron chi connectivity index (χ1n) is 9.03. The van der Waals surface area contributed by atoms with Gasteiger partial charge in [0.2, 0.25) is 0 Å². The van der Waals surface area contributed by atoms with Crippen molar-refractivity contribution in [2.45, 2.75) is 24.9 Å². The van der Waals surface area contributed by atoms with Crippen LogP contribution in [0.1, 0.15) is 24.9 Å². The summed E-state index contributed by atoms with van der Waals surface area (Å²) < 4.78 is 5.57. The summed E-state index contributed by atoms with van der Waals surface area (Å²) in [6.07, 6.45) is 1.28. The third kappa shape index (κ3) is 3.90. The van der Waals surface area contributed by atoms with Gasteiger partial charge in [0.1, 0.15) is 0 Å². The van der Waals surface area contributed by atoms with E-state index in [0.717, 1.165) is 32.8 Å². The summed E-state index contributed by atoms with van der Waals surface area (Å²) in [5.74, 6) is 2.52. The molecule has 0 aliphatic carbocycles. The number of hydrogen-bond acceptors (Lipinski definition) is 5. The Labute approximate surface area is 150 Å². The van der Waals surface area contributed by atoms with Crippen molar-refractivity contribution in [3.63, 3.8) is 0 Å². The first kappa shape index (κ1) is 18.1. The molecule has 2 aliphatic rings. The summed E-state index contributed by atoms with van der Waals surface area (Å²) in [5.41, 5.74) is 2.99. The Hall–Kier alpha value is -0.750. The Bertz CT molecular complexity index is 525. The third-order valence-electron chi connectivity index (χ3n) is 5.39. The van der Waals surface area contributed by atoms with Crippen molar-refractivity contribution < 1.29 is 4.74 Å². The van der Waals surface area contributed by atoms with Crippen molar-refractivity contribution in [3.05, 3.63) is 29.8 Å². The summed E-state index contributed by atoms with van der Waals surface area (Å²) >= 11 is 2.10. The van der Waals surface area contributed by atoms with E-state index in [1.54, 1.807) is 0 Å². The second-order valence-corrected chi connectivity index (χ2v) is 8.29. The highest BCUT2D eigenvalue weighted by molar-refractivity contribution is 7.99. The summed E-state index contributed by atoms with van der Waals surface area (Å²) in [6, 6.07) is 9.07. The molecule has 2 saturated heterocycles. The summed E-state index contributed by atoms with van der Waals surface area (Å²) in [6.45, 7) is 7.26. The highest BCUT2D eigenvalue weighted by atomic mass is 32.2. The van der Waals surface area contributed by atoms with Crippen LogP contribution in [-0.2, 0) is 4.74 Å².